The largest absolute Gasteiger partial charge is 0.508 e. The van der Waals surface area contributed by atoms with Crippen molar-refractivity contribution in [2.45, 2.75) is 18.6 Å². The van der Waals surface area contributed by atoms with Crippen LogP contribution in [0, 0.1) is 0 Å². The fourth-order valence-corrected chi connectivity index (χ4v) is 5.61. The van der Waals surface area contributed by atoms with E-state index in [4.69, 9.17) is 13.9 Å². The van der Waals surface area contributed by atoms with Crippen molar-refractivity contribution in [3.8, 4) is 80.1 Å². The van der Waals surface area contributed by atoms with Crippen LogP contribution in [0.1, 0.15) is 27.6 Å². The molecule has 53 heavy (non-hydrogen) atoms. The number of carbonyl (C=O) groups excluding carboxylic acids is 1. The van der Waals surface area contributed by atoms with Gasteiger partial charge in [0.25, 0.3) is 0 Å². The van der Waals surface area contributed by atoms with Gasteiger partial charge in [0.1, 0.15) is 57.8 Å². The van der Waals surface area contributed by atoms with Gasteiger partial charge in [-0.15, -0.1) is 0 Å². The molecule has 1 aliphatic heterocycles. The molecular formula is C37H28O16. The molecule has 0 saturated heterocycles. The molecule has 0 saturated carbocycles. The maximum atomic E-state index is 12.7. The first kappa shape index (κ1) is 35.2. The Kier molecular flexibility index (Phi) is 9.03. The van der Waals surface area contributed by atoms with Gasteiger partial charge in [0.05, 0.1) is 11.1 Å². The van der Waals surface area contributed by atoms with Crippen LogP contribution in [0.25, 0.3) is 22.1 Å². The molecule has 1 aliphatic rings. The average molecular weight is 729 g/mol. The second-order valence-electron chi connectivity index (χ2n) is 11.8. The molecule has 11 N–H and O–H groups in total. The van der Waals surface area contributed by atoms with Gasteiger partial charge in [-0.3, -0.25) is 4.79 Å². The molecule has 0 amide bonds. The third-order valence-electron chi connectivity index (χ3n) is 8.17. The van der Waals surface area contributed by atoms with E-state index in [1.54, 1.807) is 12.1 Å². The van der Waals surface area contributed by atoms with Gasteiger partial charge in [-0.2, -0.15) is 0 Å². The van der Waals surface area contributed by atoms with Crippen LogP contribution in [0.15, 0.2) is 88.3 Å². The zero-order chi connectivity index (χ0) is 38.3. The van der Waals surface area contributed by atoms with Crippen LogP contribution in [-0.2, 0) is 11.2 Å². The molecule has 0 unspecified atom stereocenters. The lowest BCUT2D eigenvalue weighted by molar-refractivity contribution is -0.0189. The van der Waals surface area contributed by atoms with Crippen LogP contribution >= 0.6 is 0 Å². The summed E-state index contributed by atoms with van der Waals surface area (Å²) in [7, 11) is 0. The highest BCUT2D eigenvalue weighted by molar-refractivity contribution is 5.91. The van der Waals surface area contributed by atoms with Crippen molar-refractivity contribution in [2.24, 2.45) is 0 Å². The van der Waals surface area contributed by atoms with Crippen LogP contribution in [0.3, 0.4) is 0 Å². The lowest BCUT2D eigenvalue weighted by Gasteiger charge is -2.34. The predicted molar refractivity (Wildman–Crippen MR) is 182 cm³/mol. The fraction of sp³-hybridized carbons (Fsp3) is 0.0811. The molecule has 272 valence electrons. The number of aromatic hydroxyl groups is 11. The lowest BCUT2D eigenvalue weighted by Crippen LogP contribution is -2.34. The Morgan fingerprint density at radius 2 is 1.21 bits per heavy atom. The summed E-state index contributed by atoms with van der Waals surface area (Å²) in [6.07, 6.45) is -1.23. The molecule has 2 atom stereocenters. The number of ether oxygens (including phenoxy) is 2. The minimum Gasteiger partial charge on any atom is -0.508 e. The van der Waals surface area contributed by atoms with E-state index >= 15 is 0 Å². The zero-order valence-electron chi connectivity index (χ0n) is 26.8. The number of benzene rings is 5. The van der Waals surface area contributed by atoms with Gasteiger partial charge in [-0.1, -0.05) is 12.1 Å². The predicted octanol–water partition coefficient (Wildman–Crippen LogP) is 4.81. The van der Waals surface area contributed by atoms with Crippen LogP contribution in [0.5, 0.6) is 69.0 Å². The summed E-state index contributed by atoms with van der Waals surface area (Å²) in [6, 6.07) is 14.6. The highest BCUT2D eigenvalue weighted by Gasteiger charge is 2.37. The van der Waals surface area contributed by atoms with Crippen molar-refractivity contribution in [3.63, 3.8) is 0 Å². The molecule has 0 aliphatic carbocycles. The highest BCUT2D eigenvalue weighted by Crippen LogP contribution is 2.46. The Morgan fingerprint density at radius 3 is 1.83 bits per heavy atom. The summed E-state index contributed by atoms with van der Waals surface area (Å²) in [4.78, 5) is 25.1. The molecule has 16 nitrogen and oxygen atoms in total. The maximum Gasteiger partial charge on any atom is 0.338 e. The van der Waals surface area contributed by atoms with Crippen LogP contribution < -0.4 is 10.2 Å². The first-order valence-electron chi connectivity index (χ1n) is 15.3. The Morgan fingerprint density at radius 1 is 0.642 bits per heavy atom. The summed E-state index contributed by atoms with van der Waals surface area (Å²) >= 11 is 0. The fourth-order valence-electron chi connectivity index (χ4n) is 5.61. The molecule has 0 radical (unpaired) electrons. The summed E-state index contributed by atoms with van der Waals surface area (Å²) < 4.78 is 16.6. The van der Waals surface area contributed by atoms with E-state index in [-0.39, 0.29) is 74.1 Å². The minimum absolute atomic E-state index is 0.00775. The standard InChI is InChI=1S/C22H18O11.C15H10O5/c23-10-5-12(24)11-7-18(33-22(31)9-3-15(27)20(30)16(28)4-9)21(32-17(11)6-10)8-1-13(25)19(29)14(26)2-8;16-9-3-1-8(2-4-9)11-7-20-13-6-10(17)5-12(18)14(13)15(11)19/h1-6,18,21,23-30H,7H2;1-7,16-18H/t18-,21-;/m1./s1. The molecule has 1 aromatic heterocycles. The van der Waals surface area contributed by atoms with Crippen molar-refractivity contribution in [2.75, 3.05) is 0 Å². The monoisotopic (exact) mass is 728 g/mol. The van der Waals surface area contributed by atoms with E-state index in [2.05, 4.69) is 0 Å². The van der Waals surface area contributed by atoms with Gasteiger partial charge in [-0.25, -0.2) is 4.79 Å². The maximum absolute atomic E-state index is 12.7. The van der Waals surface area contributed by atoms with Gasteiger partial charge in [0.15, 0.2) is 40.6 Å². The minimum atomic E-state index is -1.18. The topological polar surface area (TPSA) is 288 Å². The number of hydrogen-bond acceptors (Lipinski definition) is 16. The molecule has 16 heteroatoms. The zero-order valence-corrected chi connectivity index (χ0v) is 26.8. The van der Waals surface area contributed by atoms with Gasteiger partial charge in [-0.05, 0) is 42.0 Å². The first-order valence-corrected chi connectivity index (χ1v) is 15.3. The molecule has 2 heterocycles. The van der Waals surface area contributed by atoms with Crippen molar-refractivity contribution in [1.82, 2.24) is 0 Å². The normalized spacial score (nSPS) is 14.7. The molecular weight excluding hydrogens is 700 g/mol. The third-order valence-corrected chi connectivity index (χ3v) is 8.17. The number of phenols is 11. The number of fused-ring (bicyclic) bond motifs is 2. The van der Waals surface area contributed by atoms with Crippen molar-refractivity contribution in [1.29, 1.82) is 0 Å². The molecule has 0 fully saturated rings. The van der Waals surface area contributed by atoms with E-state index in [9.17, 15) is 65.8 Å². The van der Waals surface area contributed by atoms with Gasteiger partial charge in [0.2, 0.25) is 5.43 Å². The van der Waals surface area contributed by atoms with Gasteiger partial charge >= 0.3 is 5.97 Å². The molecule has 0 bridgehead atoms. The van der Waals surface area contributed by atoms with Crippen LogP contribution in [0.4, 0.5) is 0 Å². The summed E-state index contributed by atoms with van der Waals surface area (Å²) in [5.41, 5.74) is 0.503. The quantitative estimate of drug-likeness (QED) is 0.0857. The highest BCUT2D eigenvalue weighted by atomic mass is 16.6. The van der Waals surface area contributed by atoms with E-state index in [0.717, 1.165) is 36.4 Å². The Bertz CT molecular complexity index is 2410. The first-order chi connectivity index (χ1) is 25.1. The summed E-state index contributed by atoms with van der Waals surface area (Å²) in [6.45, 7) is 0. The SMILES string of the molecule is O=C(O[C@@H]1Cc2c(O)cc(O)cc2O[C@@H]1c1cc(O)c(O)c(O)c1)c1cc(O)c(O)c(O)c1.O=c1c(-c2ccc(O)cc2)coc2cc(O)cc(O)c12. The molecule has 7 rings (SSSR count). The number of carbonyl (C=O) groups is 1. The van der Waals surface area contributed by atoms with E-state index < -0.39 is 58.1 Å². The Hall–Kier alpha value is -7.62. The van der Waals surface area contributed by atoms with Crippen molar-refractivity contribution < 1.29 is 74.9 Å². The van der Waals surface area contributed by atoms with Gasteiger partial charge in [0, 0.05) is 41.8 Å². The Labute approximate surface area is 296 Å². The Balaban J connectivity index is 0.000000204. The second-order valence-corrected chi connectivity index (χ2v) is 11.8. The molecule has 0 spiro atoms. The smallest absolute Gasteiger partial charge is 0.338 e. The van der Waals surface area contributed by atoms with E-state index in [0.29, 0.717) is 5.56 Å². The number of hydrogen-bond donors (Lipinski definition) is 11. The van der Waals surface area contributed by atoms with Gasteiger partial charge < -0.3 is 70.1 Å². The summed E-state index contributed by atoms with van der Waals surface area (Å²) in [5, 5.41) is 107. The van der Waals surface area contributed by atoms with Crippen LogP contribution in [0.2, 0.25) is 0 Å². The summed E-state index contributed by atoms with van der Waals surface area (Å²) in [5.74, 6) is -6.49. The van der Waals surface area contributed by atoms with Crippen LogP contribution in [-0.4, -0.2) is 68.2 Å². The second kappa shape index (κ2) is 13.6. The molecule has 6 aromatic rings. The van der Waals surface area contributed by atoms with E-state index in [1.165, 1.54) is 30.5 Å². The third kappa shape index (κ3) is 6.91. The number of rotatable bonds is 4. The molecule has 5 aromatic carbocycles. The lowest BCUT2D eigenvalue weighted by atomic mass is 9.93. The van der Waals surface area contributed by atoms with Crippen molar-refractivity contribution in [3.05, 3.63) is 106 Å². The van der Waals surface area contributed by atoms with E-state index in [1.807, 2.05) is 0 Å². The number of phenolic OH excluding ortho intramolecular Hbond substituents is 11. The number of esters is 1. The van der Waals surface area contributed by atoms with Crippen molar-refractivity contribution >= 4 is 16.9 Å². The average Bonchev–Trinajstić information content (AvgIpc) is 3.09.